The van der Waals surface area contributed by atoms with Crippen molar-refractivity contribution in [2.75, 3.05) is 19.6 Å². The average Bonchev–Trinajstić information content (AvgIpc) is 2.69. The summed E-state index contributed by atoms with van der Waals surface area (Å²) in [6.07, 6.45) is 1.88. The van der Waals surface area contributed by atoms with Crippen molar-refractivity contribution < 1.29 is 29.1 Å². The van der Waals surface area contributed by atoms with Gasteiger partial charge in [0.25, 0.3) is 0 Å². The fraction of sp³-hybridized carbons (Fsp3) is 0.737. The third kappa shape index (κ3) is 12.5. The van der Waals surface area contributed by atoms with Gasteiger partial charge >= 0.3 is 5.97 Å². The molecule has 0 radical (unpaired) electrons. The maximum atomic E-state index is 12.6. The quantitative estimate of drug-likeness (QED) is 0.138. The summed E-state index contributed by atoms with van der Waals surface area (Å²) in [5.74, 6) is -3.46. The molecule has 9 N–H and O–H groups in total. The molecule has 0 heterocycles. The second-order valence-electron chi connectivity index (χ2n) is 7.64. The third-order valence-electron chi connectivity index (χ3n) is 4.29. The Hall–Kier alpha value is -2.73. The van der Waals surface area contributed by atoms with Crippen LogP contribution >= 0.6 is 0 Å². The van der Waals surface area contributed by atoms with Crippen LogP contribution in [0, 0.1) is 5.92 Å². The van der Waals surface area contributed by atoms with Crippen molar-refractivity contribution in [3.05, 3.63) is 0 Å². The Balaban J connectivity index is 5.03. The van der Waals surface area contributed by atoms with Crippen molar-refractivity contribution in [1.82, 2.24) is 21.3 Å². The average molecular weight is 445 g/mol. The molecule has 0 aliphatic rings. The van der Waals surface area contributed by atoms with Gasteiger partial charge in [0.1, 0.15) is 24.7 Å². The molecule has 3 unspecified atom stereocenters. The van der Waals surface area contributed by atoms with Crippen LogP contribution in [-0.2, 0) is 24.0 Å². The summed E-state index contributed by atoms with van der Waals surface area (Å²) in [4.78, 5) is 59.6. The van der Waals surface area contributed by atoms with Gasteiger partial charge in [-0.1, -0.05) is 13.8 Å². The van der Waals surface area contributed by atoms with E-state index in [2.05, 4.69) is 21.3 Å². The lowest BCUT2D eigenvalue weighted by atomic mass is 10.0. The highest BCUT2D eigenvalue weighted by Crippen LogP contribution is 2.06. The van der Waals surface area contributed by atoms with Crippen LogP contribution in [0.3, 0.4) is 0 Å². The van der Waals surface area contributed by atoms with Gasteiger partial charge in [0.15, 0.2) is 0 Å². The van der Waals surface area contributed by atoms with Crippen LogP contribution in [0.25, 0.3) is 0 Å². The van der Waals surface area contributed by atoms with Crippen LogP contribution in [0.2, 0.25) is 0 Å². The minimum atomic E-state index is -1.20. The maximum absolute atomic E-state index is 12.6. The Labute approximate surface area is 182 Å². The number of hydrogen-bond acceptors (Lipinski definition) is 7. The zero-order valence-electron chi connectivity index (χ0n) is 18.4. The smallest absolute Gasteiger partial charge is 0.322 e. The Bertz CT molecular complexity index is 627. The van der Waals surface area contributed by atoms with Gasteiger partial charge in [-0.15, -0.1) is 0 Å². The molecule has 0 saturated carbocycles. The van der Waals surface area contributed by atoms with E-state index in [1.807, 2.05) is 13.8 Å². The molecule has 3 atom stereocenters. The molecule has 0 saturated heterocycles. The summed E-state index contributed by atoms with van der Waals surface area (Å²) in [6, 6.07) is -2.83. The van der Waals surface area contributed by atoms with Gasteiger partial charge in [0.05, 0.1) is 6.54 Å². The van der Waals surface area contributed by atoms with Gasteiger partial charge in [-0.3, -0.25) is 24.0 Å². The molecule has 0 aliphatic heterocycles. The minimum absolute atomic E-state index is 0.0455. The number of nitrogens with two attached hydrogens (primary N) is 2. The number of aliphatic carboxylic acids is 1. The number of carboxylic acids is 1. The SMILES string of the molecule is CC(C)CC(NC(=O)C(C)NC(=O)C(CCCCN)NC(=O)CN)C(=O)NCC(=O)O. The highest BCUT2D eigenvalue weighted by molar-refractivity contribution is 5.94. The van der Waals surface area contributed by atoms with Crippen LogP contribution in [0.1, 0.15) is 46.5 Å². The summed E-state index contributed by atoms with van der Waals surface area (Å²) in [5.41, 5.74) is 10.7. The molecule has 0 spiro atoms. The van der Waals surface area contributed by atoms with E-state index < -0.39 is 54.3 Å². The second-order valence-corrected chi connectivity index (χ2v) is 7.64. The molecule has 0 fully saturated rings. The monoisotopic (exact) mass is 444 g/mol. The molecular weight excluding hydrogens is 408 g/mol. The van der Waals surface area contributed by atoms with E-state index in [0.717, 1.165) is 0 Å². The molecule has 0 aromatic rings. The molecule has 0 aromatic heterocycles. The zero-order chi connectivity index (χ0) is 24.0. The topological polar surface area (TPSA) is 206 Å². The Morgan fingerprint density at radius 2 is 1.48 bits per heavy atom. The Morgan fingerprint density at radius 3 is 2.00 bits per heavy atom. The zero-order valence-corrected chi connectivity index (χ0v) is 18.4. The standard InChI is InChI=1S/C19H36N6O6/c1-11(2)8-14(18(30)22-10-16(27)28)25-17(29)12(3)23-19(31)13(6-4-5-7-20)24-15(26)9-21/h11-14H,4-10,20-21H2,1-3H3,(H,22,30)(H,23,31)(H,24,26)(H,25,29)(H,27,28). The number of nitrogens with one attached hydrogen (secondary N) is 4. The second kappa shape index (κ2) is 15.1. The molecule has 0 rings (SSSR count). The Kier molecular flexibility index (Phi) is 13.8. The van der Waals surface area contributed by atoms with E-state index in [0.29, 0.717) is 25.8 Å². The van der Waals surface area contributed by atoms with Gasteiger partial charge in [-0.25, -0.2) is 0 Å². The molecular formula is C19H36N6O6. The van der Waals surface area contributed by atoms with Crippen LogP contribution in [-0.4, -0.2) is 72.5 Å². The third-order valence-corrected chi connectivity index (χ3v) is 4.29. The van der Waals surface area contributed by atoms with E-state index in [1.165, 1.54) is 6.92 Å². The van der Waals surface area contributed by atoms with Gasteiger partial charge in [-0.2, -0.15) is 0 Å². The van der Waals surface area contributed by atoms with E-state index in [-0.39, 0.29) is 18.9 Å². The van der Waals surface area contributed by atoms with Gasteiger partial charge in [0, 0.05) is 0 Å². The normalized spacial score (nSPS) is 13.6. The van der Waals surface area contributed by atoms with Crippen LogP contribution in [0.15, 0.2) is 0 Å². The predicted octanol–water partition coefficient (Wildman–Crippen LogP) is -2.20. The van der Waals surface area contributed by atoms with Crippen molar-refractivity contribution in [2.45, 2.75) is 64.6 Å². The lowest BCUT2D eigenvalue weighted by Gasteiger charge is -2.24. The molecule has 0 aliphatic carbocycles. The predicted molar refractivity (Wildman–Crippen MR) is 114 cm³/mol. The van der Waals surface area contributed by atoms with E-state index in [1.54, 1.807) is 0 Å². The van der Waals surface area contributed by atoms with Crippen molar-refractivity contribution in [3.63, 3.8) is 0 Å². The summed E-state index contributed by atoms with van der Waals surface area (Å²) in [7, 11) is 0. The van der Waals surface area contributed by atoms with Crippen LogP contribution < -0.4 is 32.7 Å². The molecule has 12 heteroatoms. The van der Waals surface area contributed by atoms with Crippen molar-refractivity contribution >= 4 is 29.6 Å². The first-order chi connectivity index (χ1) is 14.5. The molecule has 4 amide bonds. The molecule has 0 aromatic carbocycles. The number of carbonyl (C=O) groups is 5. The number of carbonyl (C=O) groups excluding carboxylic acids is 4. The van der Waals surface area contributed by atoms with Crippen LogP contribution in [0.5, 0.6) is 0 Å². The van der Waals surface area contributed by atoms with Gasteiger partial charge in [0.2, 0.25) is 23.6 Å². The summed E-state index contributed by atoms with van der Waals surface area (Å²) in [6.45, 7) is 4.73. The number of unbranched alkanes of at least 4 members (excludes halogenated alkanes) is 1. The molecule has 12 nitrogen and oxygen atoms in total. The largest absolute Gasteiger partial charge is 0.480 e. The summed E-state index contributed by atoms with van der Waals surface area (Å²) < 4.78 is 0. The van der Waals surface area contributed by atoms with Crippen molar-refractivity contribution in [1.29, 1.82) is 0 Å². The first-order valence-electron chi connectivity index (χ1n) is 10.3. The van der Waals surface area contributed by atoms with E-state index in [4.69, 9.17) is 16.6 Å². The lowest BCUT2D eigenvalue weighted by Crippen LogP contribution is -2.56. The molecule has 31 heavy (non-hydrogen) atoms. The number of hydrogen-bond donors (Lipinski definition) is 7. The minimum Gasteiger partial charge on any atom is -0.480 e. The molecule has 178 valence electrons. The van der Waals surface area contributed by atoms with Crippen molar-refractivity contribution in [3.8, 4) is 0 Å². The Morgan fingerprint density at radius 1 is 0.839 bits per heavy atom. The van der Waals surface area contributed by atoms with E-state index >= 15 is 0 Å². The summed E-state index contributed by atoms with van der Waals surface area (Å²) >= 11 is 0. The van der Waals surface area contributed by atoms with E-state index in [9.17, 15) is 24.0 Å². The maximum Gasteiger partial charge on any atom is 0.322 e. The van der Waals surface area contributed by atoms with Crippen molar-refractivity contribution in [2.24, 2.45) is 17.4 Å². The van der Waals surface area contributed by atoms with Gasteiger partial charge < -0.3 is 37.8 Å². The molecule has 0 bridgehead atoms. The number of rotatable bonds is 15. The fourth-order valence-electron chi connectivity index (χ4n) is 2.68. The highest BCUT2D eigenvalue weighted by atomic mass is 16.4. The number of carboxylic acid groups (broad SMARTS) is 1. The fourth-order valence-corrected chi connectivity index (χ4v) is 2.68. The first-order valence-corrected chi connectivity index (χ1v) is 10.3. The van der Waals surface area contributed by atoms with Crippen LogP contribution in [0.4, 0.5) is 0 Å². The summed E-state index contributed by atoms with van der Waals surface area (Å²) in [5, 5.41) is 18.5. The first kappa shape index (κ1) is 28.3. The highest BCUT2D eigenvalue weighted by Gasteiger charge is 2.27. The number of amides is 4. The lowest BCUT2D eigenvalue weighted by molar-refractivity contribution is -0.138. The van der Waals surface area contributed by atoms with Gasteiger partial charge in [-0.05, 0) is 45.1 Å².